The molecule has 0 bridgehead atoms. The van der Waals surface area contributed by atoms with Crippen LogP contribution in [0.15, 0.2) is 41.2 Å². The van der Waals surface area contributed by atoms with Crippen molar-refractivity contribution in [1.82, 2.24) is 10.2 Å². The Morgan fingerprint density at radius 2 is 2.24 bits per heavy atom. The molecule has 124 valence electrons. The number of aromatic amines is 1. The van der Waals surface area contributed by atoms with Crippen molar-refractivity contribution in [2.24, 2.45) is 0 Å². The van der Waals surface area contributed by atoms with Gasteiger partial charge in [-0.3, -0.25) is 15.3 Å². The van der Waals surface area contributed by atoms with Gasteiger partial charge in [-0.15, -0.1) is 0 Å². The van der Waals surface area contributed by atoms with E-state index in [2.05, 4.69) is 15.5 Å². The molecule has 0 aliphatic rings. The lowest BCUT2D eigenvalue weighted by molar-refractivity contribution is 0.102. The van der Waals surface area contributed by atoms with Crippen LogP contribution in [-0.2, 0) is 0 Å². The molecule has 8 nitrogen and oxygen atoms in total. The van der Waals surface area contributed by atoms with Crippen LogP contribution in [0.1, 0.15) is 32.9 Å². The van der Waals surface area contributed by atoms with E-state index in [-0.39, 0.29) is 17.0 Å². The Morgan fingerprint density at radius 1 is 1.44 bits per heavy atom. The molecule has 3 rings (SSSR count). The van der Waals surface area contributed by atoms with Crippen LogP contribution in [0.2, 0.25) is 0 Å². The highest BCUT2D eigenvalue weighted by Crippen LogP contribution is 2.22. The first-order chi connectivity index (χ1) is 12.0. The van der Waals surface area contributed by atoms with Crippen molar-refractivity contribution in [3.63, 3.8) is 0 Å². The van der Waals surface area contributed by atoms with Gasteiger partial charge in [-0.2, -0.15) is 10.4 Å². The standard InChI is InChI=1S/C17H14N6O2/c1-9-15(14(7-18)23-22-9)17(24)21-11-2-3-13(19)12(6-11)16(20)10-4-5-25-8-10/h2-6,8,20H,19H2,1H3,(H,21,24)(H,22,23). The highest BCUT2D eigenvalue weighted by molar-refractivity contribution is 6.14. The molecule has 2 heterocycles. The van der Waals surface area contributed by atoms with Crippen LogP contribution in [0.25, 0.3) is 0 Å². The maximum atomic E-state index is 12.4. The number of hydrogen-bond acceptors (Lipinski definition) is 6. The van der Waals surface area contributed by atoms with Crippen molar-refractivity contribution >= 4 is 23.0 Å². The van der Waals surface area contributed by atoms with Gasteiger partial charge in [-0.1, -0.05) is 0 Å². The van der Waals surface area contributed by atoms with Gasteiger partial charge in [0.15, 0.2) is 0 Å². The Balaban J connectivity index is 1.90. The zero-order valence-corrected chi connectivity index (χ0v) is 13.3. The first kappa shape index (κ1) is 16.0. The third-order valence-corrected chi connectivity index (χ3v) is 3.68. The number of aromatic nitrogens is 2. The molecule has 0 saturated carbocycles. The molecule has 0 fully saturated rings. The molecule has 0 aliphatic heterocycles. The summed E-state index contributed by atoms with van der Waals surface area (Å²) in [7, 11) is 0. The van der Waals surface area contributed by atoms with Crippen molar-refractivity contribution < 1.29 is 9.21 Å². The summed E-state index contributed by atoms with van der Waals surface area (Å²) in [4.78, 5) is 12.4. The highest BCUT2D eigenvalue weighted by atomic mass is 16.3. The molecule has 0 atom stereocenters. The van der Waals surface area contributed by atoms with Crippen molar-refractivity contribution in [3.05, 3.63) is 64.9 Å². The summed E-state index contributed by atoms with van der Waals surface area (Å²) in [6.07, 6.45) is 2.91. The van der Waals surface area contributed by atoms with Crippen LogP contribution >= 0.6 is 0 Å². The number of carbonyl (C=O) groups excluding carboxylic acids is 1. The highest BCUT2D eigenvalue weighted by Gasteiger charge is 2.19. The van der Waals surface area contributed by atoms with Crippen LogP contribution in [0.4, 0.5) is 11.4 Å². The van der Waals surface area contributed by atoms with Gasteiger partial charge in [0.05, 0.1) is 29.5 Å². The Labute approximate surface area is 142 Å². The number of hydrogen-bond donors (Lipinski definition) is 4. The summed E-state index contributed by atoms with van der Waals surface area (Å²) in [5.74, 6) is -0.464. The Bertz CT molecular complexity index is 995. The minimum atomic E-state index is -0.464. The van der Waals surface area contributed by atoms with Gasteiger partial charge in [0.1, 0.15) is 11.8 Å². The smallest absolute Gasteiger partial charge is 0.260 e. The van der Waals surface area contributed by atoms with Crippen molar-refractivity contribution in [2.45, 2.75) is 6.92 Å². The number of nitriles is 1. The number of anilines is 2. The second-order valence-corrected chi connectivity index (χ2v) is 5.31. The fraction of sp³-hybridized carbons (Fsp3) is 0.0588. The van der Waals surface area contributed by atoms with Crippen LogP contribution in [0.3, 0.4) is 0 Å². The third-order valence-electron chi connectivity index (χ3n) is 3.68. The molecular formula is C17H14N6O2. The van der Waals surface area contributed by atoms with Crippen molar-refractivity contribution in [3.8, 4) is 6.07 Å². The fourth-order valence-electron chi connectivity index (χ4n) is 2.40. The maximum Gasteiger partial charge on any atom is 0.260 e. The molecule has 0 unspecified atom stereocenters. The number of H-pyrrole nitrogens is 1. The predicted octanol–water partition coefficient (Wildman–Crippen LogP) is 2.43. The average molecular weight is 334 g/mol. The number of furan rings is 1. The lowest BCUT2D eigenvalue weighted by atomic mass is 10.0. The first-order valence-electron chi connectivity index (χ1n) is 7.28. The number of rotatable bonds is 4. The quantitative estimate of drug-likeness (QED) is 0.428. The van der Waals surface area contributed by atoms with Crippen LogP contribution in [0.5, 0.6) is 0 Å². The molecule has 0 aliphatic carbocycles. The van der Waals surface area contributed by atoms with Gasteiger partial charge in [0, 0.05) is 22.5 Å². The summed E-state index contributed by atoms with van der Waals surface area (Å²) in [6, 6.07) is 8.38. The van der Waals surface area contributed by atoms with Gasteiger partial charge < -0.3 is 15.5 Å². The molecule has 5 N–H and O–H groups in total. The van der Waals surface area contributed by atoms with Gasteiger partial charge in [-0.05, 0) is 31.2 Å². The monoisotopic (exact) mass is 334 g/mol. The second kappa shape index (κ2) is 6.33. The van der Waals surface area contributed by atoms with Crippen LogP contribution in [0, 0.1) is 23.7 Å². The zero-order chi connectivity index (χ0) is 18.0. The predicted molar refractivity (Wildman–Crippen MR) is 91.5 cm³/mol. The van der Waals surface area contributed by atoms with E-state index in [1.807, 2.05) is 6.07 Å². The topological polar surface area (TPSA) is 145 Å². The summed E-state index contributed by atoms with van der Waals surface area (Å²) in [6.45, 7) is 1.63. The SMILES string of the molecule is Cc1n[nH]c(C#N)c1C(=O)Nc1ccc(N)c(C(=N)c2ccoc2)c1. The molecule has 0 saturated heterocycles. The molecule has 2 aromatic heterocycles. The number of nitrogen functional groups attached to an aromatic ring is 1. The number of amides is 1. The van der Waals surface area contributed by atoms with E-state index in [9.17, 15) is 4.79 Å². The number of nitrogens with two attached hydrogens (primary N) is 1. The van der Waals surface area contributed by atoms with E-state index >= 15 is 0 Å². The summed E-state index contributed by atoms with van der Waals surface area (Å²) in [5.41, 5.74) is 8.73. The molecule has 8 heteroatoms. The second-order valence-electron chi connectivity index (χ2n) is 5.31. The number of carbonyl (C=O) groups is 1. The molecule has 0 radical (unpaired) electrons. The third kappa shape index (κ3) is 2.98. The van der Waals surface area contributed by atoms with Gasteiger partial charge in [0.25, 0.3) is 5.91 Å². The number of benzene rings is 1. The van der Waals surface area contributed by atoms with E-state index in [1.165, 1.54) is 12.5 Å². The zero-order valence-electron chi connectivity index (χ0n) is 13.3. The summed E-state index contributed by atoms with van der Waals surface area (Å²) < 4.78 is 4.99. The normalized spacial score (nSPS) is 10.2. The minimum Gasteiger partial charge on any atom is -0.472 e. The minimum absolute atomic E-state index is 0.0943. The van der Waals surface area contributed by atoms with E-state index in [0.717, 1.165) is 0 Å². The van der Waals surface area contributed by atoms with Crippen LogP contribution in [-0.4, -0.2) is 21.8 Å². The summed E-state index contributed by atoms with van der Waals surface area (Å²) in [5, 5.41) is 26.4. The molecule has 25 heavy (non-hydrogen) atoms. The van der Waals surface area contributed by atoms with E-state index in [4.69, 9.17) is 20.8 Å². The first-order valence-corrected chi connectivity index (χ1v) is 7.28. The molecule has 1 amide bonds. The average Bonchev–Trinajstić information content (AvgIpc) is 3.25. The number of nitrogens with one attached hydrogen (secondary N) is 3. The maximum absolute atomic E-state index is 12.4. The largest absolute Gasteiger partial charge is 0.472 e. The Morgan fingerprint density at radius 3 is 2.92 bits per heavy atom. The van der Waals surface area contributed by atoms with Gasteiger partial charge >= 0.3 is 0 Å². The van der Waals surface area contributed by atoms with Crippen LogP contribution < -0.4 is 11.1 Å². The molecule has 1 aromatic carbocycles. The van der Waals surface area contributed by atoms with Crippen molar-refractivity contribution in [2.75, 3.05) is 11.1 Å². The van der Waals surface area contributed by atoms with Crippen molar-refractivity contribution in [1.29, 1.82) is 10.7 Å². The lowest BCUT2D eigenvalue weighted by Gasteiger charge is -2.10. The summed E-state index contributed by atoms with van der Waals surface area (Å²) >= 11 is 0. The number of nitrogens with zero attached hydrogens (tertiary/aromatic N) is 2. The van der Waals surface area contributed by atoms with E-state index in [0.29, 0.717) is 28.2 Å². The van der Waals surface area contributed by atoms with Gasteiger partial charge in [-0.25, -0.2) is 0 Å². The van der Waals surface area contributed by atoms with E-state index < -0.39 is 5.91 Å². The lowest BCUT2D eigenvalue weighted by Crippen LogP contribution is -2.15. The fourth-order valence-corrected chi connectivity index (χ4v) is 2.40. The Kier molecular flexibility index (Phi) is 4.05. The molecule has 3 aromatic rings. The van der Waals surface area contributed by atoms with Gasteiger partial charge in [0.2, 0.25) is 0 Å². The Hall–Kier alpha value is -3.86. The molecule has 0 spiro atoms. The van der Waals surface area contributed by atoms with E-state index in [1.54, 1.807) is 31.2 Å². The number of aryl methyl sites for hydroxylation is 1. The molecular weight excluding hydrogens is 320 g/mol.